The molecule has 19 heavy (non-hydrogen) atoms. The molecule has 1 saturated carbocycles. The highest BCUT2D eigenvalue weighted by molar-refractivity contribution is 9.10. The first kappa shape index (κ1) is 14.1. The Balaban J connectivity index is 1.70. The smallest absolute Gasteiger partial charge is 0.287 e. The van der Waals surface area contributed by atoms with Crippen molar-refractivity contribution in [1.29, 1.82) is 0 Å². The van der Waals surface area contributed by atoms with Crippen LogP contribution in [0.15, 0.2) is 21.2 Å². The fourth-order valence-electron chi connectivity index (χ4n) is 1.77. The molecule has 1 aliphatic carbocycles. The van der Waals surface area contributed by atoms with Gasteiger partial charge in [0.25, 0.3) is 5.91 Å². The molecule has 2 amide bonds. The average Bonchev–Trinajstić information content (AvgIpc) is 2.77. The first-order chi connectivity index (χ1) is 8.98. The highest BCUT2D eigenvalue weighted by Gasteiger charge is 2.34. The summed E-state index contributed by atoms with van der Waals surface area (Å²) < 4.78 is 5.50. The number of hydrogen-bond donors (Lipinski definition) is 3. The van der Waals surface area contributed by atoms with Crippen molar-refractivity contribution in [2.75, 3.05) is 13.1 Å². The second-order valence-electron chi connectivity index (χ2n) is 4.64. The number of carbonyl (C=O) groups is 2. The molecule has 0 saturated heterocycles. The van der Waals surface area contributed by atoms with Crippen molar-refractivity contribution < 1.29 is 19.1 Å². The number of rotatable bonds is 5. The number of hydrogen-bond acceptors (Lipinski definition) is 4. The fraction of sp³-hybridized carbons (Fsp3) is 0.500. The van der Waals surface area contributed by atoms with Gasteiger partial charge in [-0.05, 0) is 47.3 Å². The van der Waals surface area contributed by atoms with E-state index in [0.29, 0.717) is 17.5 Å². The minimum atomic E-state index is -0.758. The Morgan fingerprint density at radius 2 is 2.11 bits per heavy atom. The highest BCUT2D eigenvalue weighted by atomic mass is 79.9. The van der Waals surface area contributed by atoms with E-state index in [0.717, 1.165) is 6.42 Å². The third kappa shape index (κ3) is 3.81. The molecule has 1 fully saturated rings. The van der Waals surface area contributed by atoms with Gasteiger partial charge in [0.05, 0.1) is 12.1 Å². The molecule has 1 aliphatic rings. The Kier molecular flexibility index (Phi) is 4.26. The van der Waals surface area contributed by atoms with E-state index >= 15 is 0 Å². The molecule has 0 atom stereocenters. The van der Waals surface area contributed by atoms with Crippen molar-refractivity contribution in [3.8, 4) is 0 Å². The minimum absolute atomic E-state index is 0.136. The number of amides is 2. The zero-order valence-electron chi connectivity index (χ0n) is 10.2. The van der Waals surface area contributed by atoms with Crippen molar-refractivity contribution >= 4 is 27.7 Å². The number of halogens is 1. The van der Waals surface area contributed by atoms with Gasteiger partial charge in [0.2, 0.25) is 5.91 Å². The second kappa shape index (κ2) is 5.75. The molecule has 6 nitrogen and oxygen atoms in total. The summed E-state index contributed by atoms with van der Waals surface area (Å²) in [7, 11) is 0. The summed E-state index contributed by atoms with van der Waals surface area (Å²) in [5.74, 6) is -0.653. The van der Waals surface area contributed by atoms with Gasteiger partial charge in [-0.15, -0.1) is 0 Å². The molecule has 1 aromatic rings. The third-order valence-corrected chi connectivity index (χ3v) is 3.53. The molecule has 104 valence electrons. The van der Waals surface area contributed by atoms with Crippen LogP contribution < -0.4 is 10.6 Å². The van der Waals surface area contributed by atoms with E-state index in [-0.39, 0.29) is 24.8 Å². The molecule has 0 unspecified atom stereocenters. The van der Waals surface area contributed by atoms with Gasteiger partial charge < -0.3 is 20.2 Å². The Morgan fingerprint density at radius 1 is 1.37 bits per heavy atom. The Morgan fingerprint density at radius 3 is 2.63 bits per heavy atom. The minimum Gasteiger partial charge on any atom is -0.444 e. The number of aliphatic hydroxyl groups is 1. The van der Waals surface area contributed by atoms with Crippen molar-refractivity contribution in [2.24, 2.45) is 0 Å². The van der Waals surface area contributed by atoms with Crippen LogP contribution in [0.3, 0.4) is 0 Å². The fourth-order valence-corrected chi connectivity index (χ4v) is 2.08. The summed E-state index contributed by atoms with van der Waals surface area (Å²) >= 11 is 3.09. The predicted octanol–water partition coefficient (Wildman–Crippen LogP) is 0.803. The van der Waals surface area contributed by atoms with Gasteiger partial charge in [-0.2, -0.15) is 0 Å². The maximum atomic E-state index is 11.6. The lowest BCUT2D eigenvalue weighted by molar-refractivity contribution is -0.122. The van der Waals surface area contributed by atoms with E-state index < -0.39 is 11.5 Å². The third-order valence-electron chi connectivity index (χ3n) is 3.11. The number of furan rings is 1. The Hall–Kier alpha value is -1.34. The lowest BCUT2D eigenvalue weighted by Crippen LogP contribution is -2.49. The van der Waals surface area contributed by atoms with E-state index in [1.807, 2.05) is 0 Å². The van der Waals surface area contributed by atoms with Crippen LogP contribution in [-0.4, -0.2) is 35.6 Å². The maximum absolute atomic E-state index is 11.6. The monoisotopic (exact) mass is 330 g/mol. The Bertz CT molecular complexity index is 482. The van der Waals surface area contributed by atoms with E-state index in [1.54, 1.807) is 6.07 Å². The summed E-state index contributed by atoms with van der Waals surface area (Å²) in [5, 5.41) is 14.8. The van der Waals surface area contributed by atoms with Crippen LogP contribution in [0.5, 0.6) is 0 Å². The quantitative estimate of drug-likeness (QED) is 0.744. The molecule has 7 heteroatoms. The molecule has 0 aromatic carbocycles. The van der Waals surface area contributed by atoms with Crippen LogP contribution in [-0.2, 0) is 4.79 Å². The largest absolute Gasteiger partial charge is 0.444 e. The summed E-state index contributed by atoms with van der Waals surface area (Å²) in [6.07, 6.45) is 2.40. The first-order valence-electron chi connectivity index (χ1n) is 6.01. The van der Waals surface area contributed by atoms with Gasteiger partial charge in [-0.1, -0.05) is 0 Å². The van der Waals surface area contributed by atoms with E-state index in [4.69, 9.17) is 4.42 Å². The molecule has 3 N–H and O–H groups in total. The summed E-state index contributed by atoms with van der Waals surface area (Å²) in [4.78, 5) is 23.1. The molecule has 1 aromatic heterocycles. The highest BCUT2D eigenvalue weighted by Crippen LogP contribution is 2.30. The zero-order chi connectivity index (χ0) is 13.9. The summed E-state index contributed by atoms with van der Waals surface area (Å²) in [5.41, 5.74) is -0.758. The molecule has 0 spiro atoms. The molecule has 2 rings (SSSR count). The van der Waals surface area contributed by atoms with Gasteiger partial charge in [0, 0.05) is 6.54 Å². The second-order valence-corrected chi connectivity index (χ2v) is 5.42. The molecule has 0 aliphatic heterocycles. The molecule has 0 radical (unpaired) electrons. The van der Waals surface area contributed by atoms with Gasteiger partial charge in [-0.3, -0.25) is 9.59 Å². The average molecular weight is 331 g/mol. The van der Waals surface area contributed by atoms with Crippen LogP contribution >= 0.6 is 15.9 Å². The molecular weight excluding hydrogens is 316 g/mol. The summed E-state index contributed by atoms with van der Waals surface area (Å²) in [6.45, 7) is 0.0846. The van der Waals surface area contributed by atoms with Gasteiger partial charge in [0.15, 0.2) is 10.4 Å². The van der Waals surface area contributed by atoms with Gasteiger partial charge in [-0.25, -0.2) is 0 Å². The normalized spacial score (nSPS) is 16.5. The number of nitrogens with one attached hydrogen (secondary N) is 2. The standard InChI is InChI=1S/C12H15BrN2O4/c13-9-3-2-8(19-9)11(17)14-6-10(16)15-7-12(18)4-1-5-12/h2-3,18H,1,4-7H2,(H,14,17)(H,15,16). The first-order valence-corrected chi connectivity index (χ1v) is 6.80. The predicted molar refractivity (Wildman–Crippen MR) is 70.6 cm³/mol. The van der Waals surface area contributed by atoms with Crippen molar-refractivity contribution in [3.05, 3.63) is 22.6 Å². The van der Waals surface area contributed by atoms with Crippen LogP contribution in [0, 0.1) is 0 Å². The topological polar surface area (TPSA) is 91.6 Å². The molecule has 1 heterocycles. The molecular formula is C12H15BrN2O4. The summed E-state index contributed by atoms with van der Waals surface area (Å²) in [6, 6.07) is 3.11. The lowest BCUT2D eigenvalue weighted by Gasteiger charge is -2.36. The van der Waals surface area contributed by atoms with Crippen LogP contribution in [0.25, 0.3) is 0 Å². The molecule has 0 bridgehead atoms. The SMILES string of the molecule is O=C(CNC(=O)c1ccc(Br)o1)NCC1(O)CCC1. The Labute approximate surface area is 118 Å². The van der Waals surface area contributed by atoms with Crippen LogP contribution in [0.1, 0.15) is 29.8 Å². The van der Waals surface area contributed by atoms with E-state index in [1.165, 1.54) is 6.07 Å². The van der Waals surface area contributed by atoms with Crippen LogP contribution in [0.2, 0.25) is 0 Å². The zero-order valence-corrected chi connectivity index (χ0v) is 11.8. The number of carbonyl (C=O) groups excluding carboxylic acids is 2. The van der Waals surface area contributed by atoms with E-state index in [2.05, 4.69) is 26.6 Å². The van der Waals surface area contributed by atoms with Crippen molar-refractivity contribution in [1.82, 2.24) is 10.6 Å². The van der Waals surface area contributed by atoms with Crippen molar-refractivity contribution in [3.63, 3.8) is 0 Å². The van der Waals surface area contributed by atoms with Gasteiger partial charge in [0.1, 0.15) is 0 Å². The van der Waals surface area contributed by atoms with Crippen LogP contribution in [0.4, 0.5) is 0 Å². The maximum Gasteiger partial charge on any atom is 0.287 e. The van der Waals surface area contributed by atoms with E-state index in [9.17, 15) is 14.7 Å². The van der Waals surface area contributed by atoms with Gasteiger partial charge >= 0.3 is 0 Å². The lowest BCUT2D eigenvalue weighted by atomic mass is 9.80. The van der Waals surface area contributed by atoms with Crippen molar-refractivity contribution in [2.45, 2.75) is 24.9 Å².